The number of nitrogens with zero attached hydrogens (tertiary/aromatic N) is 2. The van der Waals surface area contributed by atoms with E-state index in [4.69, 9.17) is 11.6 Å². The van der Waals surface area contributed by atoms with Crippen LogP contribution in [0.5, 0.6) is 0 Å². The van der Waals surface area contributed by atoms with Gasteiger partial charge in [0.2, 0.25) is 5.91 Å². The molecular formula is C21H22ClN3O2. The minimum absolute atomic E-state index is 0.0677. The Bertz CT molecular complexity index is 1020. The number of imidazole rings is 1. The standard InChI is InChI=1S/C21H22ClN3O2/c22-16-5-3-4-15(14-16)8-9-20(26)24-12-10-17(11-13-24)25-19-7-2-1-6-18(19)23-21(25)27/h1-7,14,17H,8-13H2,(H,23,27). The number of aryl methyl sites for hydroxylation is 1. The Morgan fingerprint density at radius 2 is 1.89 bits per heavy atom. The number of likely N-dealkylation sites (tertiary alicyclic amines) is 1. The molecule has 1 amide bonds. The molecule has 0 radical (unpaired) electrons. The zero-order chi connectivity index (χ0) is 18.8. The number of fused-ring (bicyclic) bond motifs is 1. The summed E-state index contributed by atoms with van der Waals surface area (Å²) in [5.74, 6) is 0.166. The predicted molar refractivity (Wildman–Crippen MR) is 107 cm³/mol. The van der Waals surface area contributed by atoms with Gasteiger partial charge in [0.1, 0.15) is 0 Å². The molecule has 27 heavy (non-hydrogen) atoms. The predicted octanol–water partition coefficient (Wildman–Crippen LogP) is 3.78. The third kappa shape index (κ3) is 3.78. The number of aromatic amines is 1. The van der Waals surface area contributed by atoms with Gasteiger partial charge in [0.15, 0.2) is 0 Å². The van der Waals surface area contributed by atoms with Gasteiger partial charge in [-0.15, -0.1) is 0 Å². The molecule has 2 aromatic carbocycles. The Kier molecular flexibility index (Phi) is 5.03. The zero-order valence-electron chi connectivity index (χ0n) is 15.0. The van der Waals surface area contributed by atoms with Gasteiger partial charge < -0.3 is 9.88 Å². The Morgan fingerprint density at radius 3 is 2.67 bits per heavy atom. The van der Waals surface area contributed by atoms with Gasteiger partial charge in [-0.05, 0) is 49.1 Å². The first-order valence-electron chi connectivity index (χ1n) is 9.33. The lowest BCUT2D eigenvalue weighted by atomic mass is 10.0. The first-order valence-corrected chi connectivity index (χ1v) is 9.71. The van der Waals surface area contributed by atoms with Crippen LogP contribution in [0.15, 0.2) is 53.3 Å². The van der Waals surface area contributed by atoms with Gasteiger partial charge in [0, 0.05) is 30.6 Å². The second kappa shape index (κ2) is 7.61. The molecular weight excluding hydrogens is 362 g/mol. The van der Waals surface area contributed by atoms with Gasteiger partial charge in [-0.3, -0.25) is 9.36 Å². The summed E-state index contributed by atoms with van der Waals surface area (Å²) in [5.41, 5.74) is 2.81. The van der Waals surface area contributed by atoms with Crippen molar-refractivity contribution in [2.75, 3.05) is 13.1 Å². The lowest BCUT2D eigenvalue weighted by Gasteiger charge is -2.32. The molecule has 3 aromatic rings. The lowest BCUT2D eigenvalue weighted by molar-refractivity contribution is -0.132. The summed E-state index contributed by atoms with van der Waals surface area (Å²) >= 11 is 6.00. The van der Waals surface area contributed by atoms with Crippen LogP contribution in [0.1, 0.15) is 30.9 Å². The summed E-state index contributed by atoms with van der Waals surface area (Å²) in [6.07, 6.45) is 2.77. The van der Waals surface area contributed by atoms with E-state index < -0.39 is 0 Å². The number of piperidine rings is 1. The van der Waals surface area contributed by atoms with E-state index >= 15 is 0 Å². The minimum atomic E-state index is -0.0677. The SMILES string of the molecule is O=C(CCc1cccc(Cl)c1)N1CCC(n2c(=O)[nH]c3ccccc32)CC1. The second-order valence-corrected chi connectivity index (χ2v) is 7.50. The summed E-state index contributed by atoms with van der Waals surface area (Å²) in [7, 11) is 0. The van der Waals surface area contributed by atoms with Crippen molar-refractivity contribution in [2.45, 2.75) is 31.7 Å². The average Bonchev–Trinajstić information content (AvgIpc) is 3.02. The van der Waals surface area contributed by atoms with E-state index in [-0.39, 0.29) is 17.6 Å². The number of nitrogens with one attached hydrogen (secondary N) is 1. The number of halogens is 1. The first kappa shape index (κ1) is 17.9. The maximum atomic E-state index is 12.5. The molecule has 5 nitrogen and oxygen atoms in total. The highest BCUT2D eigenvalue weighted by Crippen LogP contribution is 2.25. The van der Waals surface area contributed by atoms with Crippen molar-refractivity contribution < 1.29 is 4.79 Å². The van der Waals surface area contributed by atoms with Gasteiger partial charge in [-0.25, -0.2) is 4.79 Å². The van der Waals surface area contributed by atoms with Crippen molar-refractivity contribution in [3.63, 3.8) is 0 Å². The number of aromatic nitrogens is 2. The van der Waals surface area contributed by atoms with Gasteiger partial charge in [-0.2, -0.15) is 0 Å². The molecule has 2 heterocycles. The van der Waals surface area contributed by atoms with E-state index in [2.05, 4.69) is 4.98 Å². The number of amides is 1. The molecule has 0 spiro atoms. The summed E-state index contributed by atoms with van der Waals surface area (Å²) in [6.45, 7) is 1.37. The van der Waals surface area contributed by atoms with Crippen molar-refractivity contribution in [1.82, 2.24) is 14.5 Å². The van der Waals surface area contributed by atoms with Crippen LogP contribution in [0.2, 0.25) is 5.02 Å². The Labute approximate surface area is 162 Å². The molecule has 1 aliphatic heterocycles. The van der Waals surface area contributed by atoms with Crippen LogP contribution >= 0.6 is 11.6 Å². The van der Waals surface area contributed by atoms with E-state index in [1.165, 1.54) is 0 Å². The number of carbonyl (C=O) groups excluding carboxylic acids is 1. The summed E-state index contributed by atoms with van der Waals surface area (Å²) in [4.78, 5) is 29.7. The second-order valence-electron chi connectivity index (χ2n) is 7.06. The molecule has 0 atom stereocenters. The van der Waals surface area contributed by atoms with Crippen LogP contribution in [-0.4, -0.2) is 33.4 Å². The van der Waals surface area contributed by atoms with Crippen molar-refractivity contribution in [1.29, 1.82) is 0 Å². The maximum absolute atomic E-state index is 12.5. The third-order valence-electron chi connectivity index (χ3n) is 5.32. The molecule has 1 fully saturated rings. The van der Waals surface area contributed by atoms with Crippen LogP contribution in [0.3, 0.4) is 0 Å². The van der Waals surface area contributed by atoms with Crippen molar-refractivity contribution in [3.8, 4) is 0 Å². The fourth-order valence-electron chi connectivity index (χ4n) is 3.91. The Balaban J connectivity index is 1.37. The number of hydrogen-bond donors (Lipinski definition) is 1. The topological polar surface area (TPSA) is 58.1 Å². The highest BCUT2D eigenvalue weighted by Gasteiger charge is 2.25. The molecule has 1 aliphatic rings. The molecule has 0 bridgehead atoms. The first-order chi connectivity index (χ1) is 13.1. The normalized spacial score (nSPS) is 15.4. The number of carbonyl (C=O) groups is 1. The average molecular weight is 384 g/mol. The van der Waals surface area contributed by atoms with Crippen LogP contribution in [0.4, 0.5) is 0 Å². The molecule has 140 valence electrons. The molecule has 0 unspecified atom stereocenters. The largest absolute Gasteiger partial charge is 0.343 e. The quantitative estimate of drug-likeness (QED) is 0.745. The van der Waals surface area contributed by atoms with E-state index in [1.807, 2.05) is 58.0 Å². The number of H-pyrrole nitrogens is 1. The third-order valence-corrected chi connectivity index (χ3v) is 5.56. The molecule has 1 aromatic heterocycles. The number of hydrogen-bond acceptors (Lipinski definition) is 2. The van der Waals surface area contributed by atoms with E-state index in [1.54, 1.807) is 0 Å². The van der Waals surface area contributed by atoms with Crippen molar-refractivity contribution in [3.05, 3.63) is 69.6 Å². The zero-order valence-corrected chi connectivity index (χ0v) is 15.8. The van der Waals surface area contributed by atoms with Crippen LogP contribution in [0.25, 0.3) is 11.0 Å². The molecule has 0 aliphatic carbocycles. The van der Waals surface area contributed by atoms with Crippen LogP contribution in [0, 0.1) is 0 Å². The summed E-state index contributed by atoms with van der Waals surface area (Å²) in [6, 6.07) is 15.5. The van der Waals surface area contributed by atoms with Gasteiger partial charge in [0.05, 0.1) is 11.0 Å². The minimum Gasteiger partial charge on any atom is -0.343 e. The van der Waals surface area contributed by atoms with E-state index in [9.17, 15) is 9.59 Å². The van der Waals surface area contributed by atoms with Gasteiger partial charge in [0.25, 0.3) is 0 Å². The van der Waals surface area contributed by atoms with Crippen LogP contribution in [-0.2, 0) is 11.2 Å². The monoisotopic (exact) mass is 383 g/mol. The number of rotatable bonds is 4. The van der Waals surface area contributed by atoms with Crippen molar-refractivity contribution >= 4 is 28.5 Å². The van der Waals surface area contributed by atoms with Crippen LogP contribution < -0.4 is 5.69 Å². The van der Waals surface area contributed by atoms with E-state index in [0.29, 0.717) is 31.0 Å². The number of benzene rings is 2. The molecule has 4 rings (SSSR count). The fourth-order valence-corrected chi connectivity index (χ4v) is 4.12. The van der Waals surface area contributed by atoms with Gasteiger partial charge in [-0.1, -0.05) is 35.9 Å². The van der Waals surface area contributed by atoms with Crippen molar-refractivity contribution in [2.24, 2.45) is 0 Å². The van der Waals surface area contributed by atoms with E-state index in [0.717, 1.165) is 29.4 Å². The molecule has 1 saturated heterocycles. The highest BCUT2D eigenvalue weighted by atomic mass is 35.5. The Hall–Kier alpha value is -2.53. The summed E-state index contributed by atoms with van der Waals surface area (Å²) in [5, 5.41) is 0.699. The lowest BCUT2D eigenvalue weighted by Crippen LogP contribution is -2.40. The summed E-state index contributed by atoms with van der Waals surface area (Å²) < 4.78 is 1.85. The fraction of sp³-hybridized carbons (Fsp3) is 0.333. The number of para-hydroxylation sites is 2. The molecule has 6 heteroatoms. The Morgan fingerprint density at radius 1 is 1.11 bits per heavy atom. The van der Waals surface area contributed by atoms with Gasteiger partial charge >= 0.3 is 5.69 Å². The highest BCUT2D eigenvalue weighted by molar-refractivity contribution is 6.30. The maximum Gasteiger partial charge on any atom is 0.326 e. The smallest absolute Gasteiger partial charge is 0.326 e. The molecule has 0 saturated carbocycles. The molecule has 1 N–H and O–H groups in total.